The third-order valence-electron chi connectivity index (χ3n) is 3.57. The number of aliphatic hydroxyl groups is 1. The molecule has 1 aliphatic carbocycles. The average Bonchev–Trinajstić information content (AvgIpc) is 3.21. The van der Waals surface area contributed by atoms with Crippen LogP contribution in [-0.2, 0) is 0 Å². The zero-order valence-electron chi connectivity index (χ0n) is 11.3. The normalized spacial score (nSPS) is 16.9. The quantitative estimate of drug-likeness (QED) is 0.805. The molecular formula is C15H23NO2. The summed E-state index contributed by atoms with van der Waals surface area (Å²) in [5, 5.41) is 10.3. The Morgan fingerprint density at radius 3 is 2.83 bits per heavy atom. The molecule has 0 heterocycles. The van der Waals surface area contributed by atoms with Gasteiger partial charge in [-0.25, -0.2) is 0 Å². The van der Waals surface area contributed by atoms with Gasteiger partial charge in [-0.2, -0.15) is 0 Å². The summed E-state index contributed by atoms with van der Waals surface area (Å²) in [6, 6.07) is 7.69. The molecule has 100 valence electrons. The van der Waals surface area contributed by atoms with Crippen molar-refractivity contribution in [2.24, 2.45) is 5.92 Å². The summed E-state index contributed by atoms with van der Waals surface area (Å²) in [5.74, 6) is 1.67. The number of hydrogen-bond acceptors (Lipinski definition) is 3. The van der Waals surface area contributed by atoms with E-state index in [0.29, 0.717) is 6.54 Å². The predicted molar refractivity (Wildman–Crippen MR) is 72.8 cm³/mol. The van der Waals surface area contributed by atoms with Crippen molar-refractivity contribution in [1.82, 2.24) is 4.90 Å². The Morgan fingerprint density at radius 2 is 2.22 bits per heavy atom. The number of likely N-dealkylation sites (N-methyl/N-ethyl adjacent to an activating group) is 1. The average molecular weight is 249 g/mol. The summed E-state index contributed by atoms with van der Waals surface area (Å²) in [5.41, 5.74) is 0.934. The Labute approximate surface area is 109 Å². The van der Waals surface area contributed by atoms with Crippen LogP contribution in [0.4, 0.5) is 0 Å². The van der Waals surface area contributed by atoms with Crippen LogP contribution in [0.25, 0.3) is 0 Å². The maximum Gasteiger partial charge on any atom is 0.119 e. The number of methoxy groups -OCH3 is 1. The Balaban J connectivity index is 1.93. The molecule has 1 aliphatic rings. The third kappa shape index (κ3) is 3.72. The molecule has 1 atom stereocenters. The van der Waals surface area contributed by atoms with Gasteiger partial charge in [0.1, 0.15) is 5.75 Å². The number of benzene rings is 1. The second-order valence-electron chi connectivity index (χ2n) is 5.09. The van der Waals surface area contributed by atoms with Crippen LogP contribution in [0.15, 0.2) is 24.3 Å². The zero-order chi connectivity index (χ0) is 13.0. The molecule has 18 heavy (non-hydrogen) atoms. The molecule has 0 bridgehead atoms. The van der Waals surface area contributed by atoms with Crippen molar-refractivity contribution in [3.05, 3.63) is 29.8 Å². The van der Waals surface area contributed by atoms with E-state index in [1.54, 1.807) is 7.11 Å². The van der Waals surface area contributed by atoms with Gasteiger partial charge < -0.3 is 14.7 Å². The second kappa shape index (κ2) is 6.21. The van der Waals surface area contributed by atoms with Gasteiger partial charge in [0, 0.05) is 13.1 Å². The molecule has 0 aromatic heterocycles. The maximum atomic E-state index is 10.3. The molecule has 3 heteroatoms. The number of hydrogen-bond donors (Lipinski definition) is 1. The molecule has 0 amide bonds. The first-order valence-corrected chi connectivity index (χ1v) is 6.77. The summed E-state index contributed by atoms with van der Waals surface area (Å²) in [7, 11) is 1.65. The molecule has 1 aromatic carbocycles. The molecule has 0 radical (unpaired) electrons. The van der Waals surface area contributed by atoms with Crippen LogP contribution >= 0.6 is 0 Å². The molecule has 1 saturated carbocycles. The van der Waals surface area contributed by atoms with E-state index in [0.717, 1.165) is 30.3 Å². The number of ether oxygens (including phenoxy) is 1. The monoisotopic (exact) mass is 249 g/mol. The van der Waals surface area contributed by atoms with Gasteiger partial charge in [0.15, 0.2) is 0 Å². The Bertz CT molecular complexity index is 377. The van der Waals surface area contributed by atoms with Gasteiger partial charge in [-0.15, -0.1) is 0 Å². The van der Waals surface area contributed by atoms with Crippen LogP contribution in [0.1, 0.15) is 31.4 Å². The van der Waals surface area contributed by atoms with Gasteiger partial charge in [0.25, 0.3) is 0 Å². The van der Waals surface area contributed by atoms with E-state index in [1.807, 2.05) is 24.3 Å². The van der Waals surface area contributed by atoms with E-state index in [1.165, 1.54) is 12.8 Å². The summed E-state index contributed by atoms with van der Waals surface area (Å²) in [6.07, 6.45) is 2.27. The van der Waals surface area contributed by atoms with Crippen molar-refractivity contribution < 1.29 is 9.84 Å². The van der Waals surface area contributed by atoms with Crippen LogP contribution < -0.4 is 4.74 Å². The largest absolute Gasteiger partial charge is 0.497 e. The highest BCUT2D eigenvalue weighted by Crippen LogP contribution is 2.30. The van der Waals surface area contributed by atoms with Crippen molar-refractivity contribution in [3.8, 4) is 5.75 Å². The summed E-state index contributed by atoms with van der Waals surface area (Å²) >= 11 is 0. The van der Waals surface area contributed by atoms with Crippen LogP contribution in [0, 0.1) is 5.92 Å². The zero-order valence-corrected chi connectivity index (χ0v) is 11.3. The molecule has 1 aromatic rings. The van der Waals surface area contributed by atoms with Gasteiger partial charge in [-0.3, -0.25) is 0 Å². The van der Waals surface area contributed by atoms with Gasteiger partial charge in [0.2, 0.25) is 0 Å². The second-order valence-corrected chi connectivity index (χ2v) is 5.09. The number of nitrogens with zero attached hydrogens (tertiary/aromatic N) is 1. The summed E-state index contributed by atoms with van der Waals surface area (Å²) < 4.78 is 5.19. The lowest BCUT2D eigenvalue weighted by Crippen LogP contribution is -2.30. The fourth-order valence-electron chi connectivity index (χ4n) is 2.20. The lowest BCUT2D eigenvalue weighted by molar-refractivity contribution is 0.113. The van der Waals surface area contributed by atoms with E-state index >= 15 is 0 Å². The van der Waals surface area contributed by atoms with Gasteiger partial charge in [0.05, 0.1) is 13.2 Å². The van der Waals surface area contributed by atoms with Crippen LogP contribution in [0.5, 0.6) is 5.75 Å². The maximum absolute atomic E-state index is 10.3. The fraction of sp³-hybridized carbons (Fsp3) is 0.600. The van der Waals surface area contributed by atoms with Gasteiger partial charge >= 0.3 is 0 Å². The Kier molecular flexibility index (Phi) is 4.61. The highest BCUT2D eigenvalue weighted by molar-refractivity contribution is 5.29. The lowest BCUT2D eigenvalue weighted by Gasteiger charge is -2.23. The van der Waals surface area contributed by atoms with E-state index in [4.69, 9.17) is 4.74 Å². The molecule has 0 spiro atoms. The number of aliphatic hydroxyl groups excluding tert-OH is 1. The lowest BCUT2D eigenvalue weighted by atomic mass is 10.1. The van der Waals surface area contributed by atoms with Crippen molar-refractivity contribution in [1.29, 1.82) is 0 Å². The van der Waals surface area contributed by atoms with Crippen molar-refractivity contribution >= 4 is 0 Å². The highest BCUT2D eigenvalue weighted by Gasteiger charge is 2.24. The smallest absolute Gasteiger partial charge is 0.119 e. The molecule has 0 saturated heterocycles. The predicted octanol–water partition coefficient (Wildman–Crippen LogP) is 2.46. The summed E-state index contributed by atoms with van der Waals surface area (Å²) in [4.78, 5) is 2.34. The molecule has 3 nitrogen and oxygen atoms in total. The van der Waals surface area contributed by atoms with E-state index < -0.39 is 6.10 Å². The van der Waals surface area contributed by atoms with E-state index in [2.05, 4.69) is 11.8 Å². The van der Waals surface area contributed by atoms with Gasteiger partial charge in [-0.1, -0.05) is 19.1 Å². The Morgan fingerprint density at radius 1 is 1.44 bits per heavy atom. The van der Waals surface area contributed by atoms with Crippen molar-refractivity contribution in [2.45, 2.75) is 25.9 Å². The van der Waals surface area contributed by atoms with Crippen LogP contribution in [0.2, 0.25) is 0 Å². The van der Waals surface area contributed by atoms with Crippen LogP contribution in [0.3, 0.4) is 0 Å². The third-order valence-corrected chi connectivity index (χ3v) is 3.57. The highest BCUT2D eigenvalue weighted by atomic mass is 16.5. The van der Waals surface area contributed by atoms with E-state index in [9.17, 15) is 5.11 Å². The fourth-order valence-corrected chi connectivity index (χ4v) is 2.20. The molecule has 2 rings (SSSR count). The standard InChI is InChI=1S/C15H23NO2/c1-3-16(10-12-7-8-12)11-15(17)13-5-4-6-14(9-13)18-2/h4-6,9,12,15,17H,3,7-8,10-11H2,1-2H3. The van der Waals surface area contributed by atoms with Crippen molar-refractivity contribution in [2.75, 3.05) is 26.7 Å². The molecule has 1 N–H and O–H groups in total. The first-order valence-electron chi connectivity index (χ1n) is 6.77. The number of rotatable bonds is 7. The minimum absolute atomic E-state index is 0.432. The van der Waals surface area contributed by atoms with Crippen molar-refractivity contribution in [3.63, 3.8) is 0 Å². The Hall–Kier alpha value is -1.06. The first-order chi connectivity index (χ1) is 8.72. The molecule has 0 aliphatic heterocycles. The molecule has 1 unspecified atom stereocenters. The molecule has 1 fully saturated rings. The minimum Gasteiger partial charge on any atom is -0.497 e. The van der Waals surface area contributed by atoms with Crippen LogP contribution in [-0.4, -0.2) is 36.8 Å². The SMILES string of the molecule is CCN(CC1CC1)CC(O)c1cccc(OC)c1. The summed E-state index contributed by atoms with van der Waals surface area (Å²) in [6.45, 7) is 4.98. The topological polar surface area (TPSA) is 32.7 Å². The minimum atomic E-state index is -0.432. The van der Waals surface area contributed by atoms with Gasteiger partial charge in [-0.05, 0) is 43.0 Å². The van der Waals surface area contributed by atoms with E-state index in [-0.39, 0.29) is 0 Å². The molecular weight excluding hydrogens is 226 g/mol. The first kappa shape index (κ1) is 13.4.